The van der Waals surface area contributed by atoms with Crippen molar-refractivity contribution in [3.8, 4) is 0 Å². The zero-order valence-electron chi connectivity index (χ0n) is 7.18. The molecule has 1 rings (SSSR count). The highest BCUT2D eigenvalue weighted by Gasteiger charge is 2.20. The fraction of sp³-hybridized carbons (Fsp3) is 0.889. The maximum absolute atomic E-state index is 5.61. The van der Waals surface area contributed by atoms with E-state index in [0.29, 0.717) is 6.04 Å². The summed E-state index contributed by atoms with van der Waals surface area (Å²) in [5.74, 6) is 0.784. The van der Waals surface area contributed by atoms with E-state index in [1.165, 1.54) is 32.1 Å². The van der Waals surface area contributed by atoms with Gasteiger partial charge in [0.05, 0.1) is 0 Å². The smallest absolute Gasteiger partial charge is 0.0219 e. The molecule has 1 saturated carbocycles. The van der Waals surface area contributed by atoms with Gasteiger partial charge in [-0.2, -0.15) is 0 Å². The van der Waals surface area contributed by atoms with Crippen molar-refractivity contribution in [3.05, 3.63) is 7.05 Å². The molecule has 1 radical (unpaired) electrons. The van der Waals surface area contributed by atoms with Crippen molar-refractivity contribution in [3.63, 3.8) is 0 Å². The Morgan fingerprint density at radius 2 is 2.00 bits per heavy atom. The number of hydrogen-bond donors (Lipinski definition) is 2. The Bertz CT molecular complexity index is 93.7. The van der Waals surface area contributed by atoms with Gasteiger partial charge in [-0.25, -0.2) is 0 Å². The van der Waals surface area contributed by atoms with Crippen molar-refractivity contribution in [2.24, 2.45) is 11.7 Å². The summed E-state index contributed by atoms with van der Waals surface area (Å²) >= 11 is 0. The minimum Gasteiger partial charge on any atom is -0.329 e. The molecule has 0 aromatic heterocycles. The Morgan fingerprint density at radius 1 is 1.36 bits per heavy atom. The molecule has 2 nitrogen and oxygen atoms in total. The SMILES string of the molecule is [CH2]NC(CN)C1CCCCC1. The first-order valence-corrected chi connectivity index (χ1v) is 4.61. The highest BCUT2D eigenvalue weighted by Crippen LogP contribution is 2.25. The van der Waals surface area contributed by atoms with Crippen LogP contribution in [0.5, 0.6) is 0 Å². The molecule has 1 aliphatic rings. The molecule has 0 aliphatic heterocycles. The van der Waals surface area contributed by atoms with Gasteiger partial charge in [0, 0.05) is 19.6 Å². The van der Waals surface area contributed by atoms with Gasteiger partial charge in [0.25, 0.3) is 0 Å². The summed E-state index contributed by atoms with van der Waals surface area (Å²) < 4.78 is 0. The molecule has 65 valence electrons. The van der Waals surface area contributed by atoms with Gasteiger partial charge in [-0.1, -0.05) is 19.3 Å². The summed E-state index contributed by atoms with van der Waals surface area (Å²) in [5.41, 5.74) is 5.61. The first-order chi connectivity index (χ1) is 5.38. The quantitative estimate of drug-likeness (QED) is 0.644. The topological polar surface area (TPSA) is 38.0 Å². The van der Waals surface area contributed by atoms with Crippen LogP contribution in [0.2, 0.25) is 0 Å². The van der Waals surface area contributed by atoms with Crippen molar-refractivity contribution in [1.29, 1.82) is 0 Å². The van der Waals surface area contributed by atoms with E-state index in [4.69, 9.17) is 5.73 Å². The van der Waals surface area contributed by atoms with Gasteiger partial charge < -0.3 is 11.1 Å². The van der Waals surface area contributed by atoms with Crippen LogP contribution in [-0.4, -0.2) is 12.6 Å². The molecule has 11 heavy (non-hydrogen) atoms. The van der Waals surface area contributed by atoms with E-state index in [1.807, 2.05) is 0 Å². The molecule has 3 N–H and O–H groups in total. The van der Waals surface area contributed by atoms with Crippen LogP contribution < -0.4 is 11.1 Å². The predicted molar refractivity (Wildman–Crippen MR) is 47.9 cm³/mol. The number of rotatable bonds is 3. The molecular weight excluding hydrogens is 136 g/mol. The van der Waals surface area contributed by atoms with Crippen LogP contribution in [0.3, 0.4) is 0 Å². The highest BCUT2D eigenvalue weighted by molar-refractivity contribution is 4.79. The first-order valence-electron chi connectivity index (χ1n) is 4.61. The van der Waals surface area contributed by atoms with Crippen molar-refractivity contribution < 1.29 is 0 Å². The third-order valence-electron chi connectivity index (χ3n) is 2.73. The van der Waals surface area contributed by atoms with Gasteiger partial charge in [0.15, 0.2) is 0 Å². The molecule has 1 atom stereocenters. The highest BCUT2D eigenvalue weighted by atomic mass is 14.9. The normalized spacial score (nSPS) is 23.5. The third-order valence-corrected chi connectivity index (χ3v) is 2.73. The summed E-state index contributed by atoms with van der Waals surface area (Å²) in [5, 5.41) is 3.05. The van der Waals surface area contributed by atoms with E-state index in [1.54, 1.807) is 0 Å². The molecule has 0 amide bonds. The minimum atomic E-state index is 0.454. The largest absolute Gasteiger partial charge is 0.329 e. The van der Waals surface area contributed by atoms with Crippen LogP contribution in [0.15, 0.2) is 0 Å². The lowest BCUT2D eigenvalue weighted by atomic mass is 9.84. The lowest BCUT2D eigenvalue weighted by Gasteiger charge is -2.28. The van der Waals surface area contributed by atoms with Gasteiger partial charge in [0.1, 0.15) is 0 Å². The van der Waals surface area contributed by atoms with E-state index in [2.05, 4.69) is 12.4 Å². The Kier molecular flexibility index (Phi) is 3.87. The minimum absolute atomic E-state index is 0.454. The molecule has 2 heteroatoms. The van der Waals surface area contributed by atoms with Crippen molar-refractivity contribution in [2.45, 2.75) is 38.1 Å². The molecule has 0 spiro atoms. The van der Waals surface area contributed by atoms with Gasteiger partial charge >= 0.3 is 0 Å². The molecule has 0 saturated heterocycles. The van der Waals surface area contributed by atoms with Crippen LogP contribution in [-0.2, 0) is 0 Å². The summed E-state index contributed by atoms with van der Waals surface area (Å²) in [6.07, 6.45) is 6.84. The van der Waals surface area contributed by atoms with Gasteiger partial charge in [0.2, 0.25) is 0 Å². The van der Waals surface area contributed by atoms with E-state index >= 15 is 0 Å². The van der Waals surface area contributed by atoms with Crippen LogP contribution in [0.25, 0.3) is 0 Å². The molecular formula is C9H19N2. The predicted octanol–water partition coefficient (Wildman–Crippen LogP) is 1.28. The second-order valence-corrected chi connectivity index (χ2v) is 3.44. The summed E-state index contributed by atoms with van der Waals surface area (Å²) in [4.78, 5) is 0. The standard InChI is InChI=1S/C9H19N2/c1-11-9(7-10)8-5-3-2-4-6-8/h8-9,11H,1-7,10H2. The van der Waals surface area contributed by atoms with Crippen LogP contribution in [0.4, 0.5) is 0 Å². The third kappa shape index (κ3) is 2.46. The first kappa shape index (κ1) is 9.01. The molecule has 1 fully saturated rings. The molecule has 0 bridgehead atoms. The number of nitrogens with one attached hydrogen (secondary N) is 1. The lowest BCUT2D eigenvalue weighted by molar-refractivity contribution is 0.287. The average Bonchev–Trinajstić information content (AvgIpc) is 2.09. The zero-order chi connectivity index (χ0) is 8.10. The van der Waals surface area contributed by atoms with Gasteiger partial charge in [-0.3, -0.25) is 0 Å². The fourth-order valence-electron chi connectivity index (χ4n) is 1.98. The van der Waals surface area contributed by atoms with E-state index < -0.39 is 0 Å². The summed E-state index contributed by atoms with van der Waals surface area (Å²) in [6.45, 7) is 0.730. The Hall–Kier alpha value is -0.0800. The van der Waals surface area contributed by atoms with Crippen LogP contribution in [0.1, 0.15) is 32.1 Å². The fourth-order valence-corrected chi connectivity index (χ4v) is 1.98. The van der Waals surface area contributed by atoms with Crippen molar-refractivity contribution in [2.75, 3.05) is 6.54 Å². The van der Waals surface area contributed by atoms with E-state index in [-0.39, 0.29) is 0 Å². The molecule has 1 aliphatic carbocycles. The van der Waals surface area contributed by atoms with Crippen LogP contribution >= 0.6 is 0 Å². The monoisotopic (exact) mass is 155 g/mol. The van der Waals surface area contributed by atoms with Crippen LogP contribution in [0, 0.1) is 13.0 Å². The van der Waals surface area contributed by atoms with E-state index in [9.17, 15) is 0 Å². The van der Waals surface area contributed by atoms with Crippen molar-refractivity contribution >= 4 is 0 Å². The number of nitrogens with two attached hydrogens (primary N) is 1. The maximum Gasteiger partial charge on any atom is 0.0219 e. The average molecular weight is 155 g/mol. The van der Waals surface area contributed by atoms with E-state index in [0.717, 1.165) is 12.5 Å². The van der Waals surface area contributed by atoms with Gasteiger partial charge in [-0.05, 0) is 18.8 Å². The second kappa shape index (κ2) is 4.73. The van der Waals surface area contributed by atoms with Crippen molar-refractivity contribution in [1.82, 2.24) is 5.32 Å². The Morgan fingerprint density at radius 3 is 2.45 bits per heavy atom. The summed E-state index contributed by atoms with van der Waals surface area (Å²) in [7, 11) is 3.70. The Labute approximate surface area is 69.5 Å². The lowest BCUT2D eigenvalue weighted by Crippen LogP contribution is -2.39. The maximum atomic E-state index is 5.61. The molecule has 0 heterocycles. The Balaban J connectivity index is 2.30. The second-order valence-electron chi connectivity index (χ2n) is 3.44. The number of hydrogen-bond acceptors (Lipinski definition) is 2. The molecule has 1 unspecified atom stereocenters. The molecule has 0 aromatic carbocycles. The summed E-state index contributed by atoms with van der Waals surface area (Å²) in [6, 6.07) is 0.454. The zero-order valence-corrected chi connectivity index (χ0v) is 7.18. The van der Waals surface area contributed by atoms with Gasteiger partial charge in [-0.15, -0.1) is 0 Å². The molecule has 0 aromatic rings.